The molecule has 1 aliphatic rings. The van der Waals surface area contributed by atoms with E-state index in [1.807, 2.05) is 6.07 Å². The Labute approximate surface area is 200 Å². The lowest BCUT2D eigenvalue weighted by molar-refractivity contribution is -0.132. The van der Waals surface area contributed by atoms with Crippen molar-refractivity contribution in [1.82, 2.24) is 4.98 Å². The Morgan fingerprint density at radius 1 is 1.12 bits per heavy atom. The van der Waals surface area contributed by atoms with Crippen LogP contribution in [0.5, 0.6) is 5.75 Å². The zero-order valence-electron chi connectivity index (χ0n) is 18.8. The van der Waals surface area contributed by atoms with Gasteiger partial charge in [-0.1, -0.05) is 41.7 Å². The lowest BCUT2D eigenvalue weighted by Crippen LogP contribution is -2.29. The van der Waals surface area contributed by atoms with Crippen molar-refractivity contribution in [3.05, 3.63) is 81.9 Å². The number of nitrogens with zero attached hydrogens (tertiary/aromatic N) is 2. The topological polar surface area (TPSA) is 106 Å². The molecule has 0 radical (unpaired) electrons. The first-order valence-electron chi connectivity index (χ1n) is 10.5. The molecule has 2 aromatic carbocycles. The molecule has 1 amide bonds. The molecule has 1 N–H and O–H groups in total. The number of Topliss-reactive ketones (excluding diaryl/α,β-unsaturated/α-hetero) is 1. The third-order valence-corrected chi connectivity index (χ3v) is 6.51. The summed E-state index contributed by atoms with van der Waals surface area (Å²) in [5.74, 6) is -1.95. The van der Waals surface area contributed by atoms with E-state index < -0.39 is 23.7 Å². The van der Waals surface area contributed by atoms with E-state index in [0.717, 1.165) is 11.3 Å². The number of aliphatic hydroxyl groups excluding tert-OH is 1. The zero-order chi connectivity index (χ0) is 24.4. The van der Waals surface area contributed by atoms with Crippen molar-refractivity contribution in [2.45, 2.75) is 19.9 Å². The van der Waals surface area contributed by atoms with E-state index >= 15 is 0 Å². The van der Waals surface area contributed by atoms with E-state index in [9.17, 15) is 19.5 Å². The Morgan fingerprint density at radius 2 is 1.79 bits per heavy atom. The first-order chi connectivity index (χ1) is 16.4. The monoisotopic (exact) mass is 478 g/mol. The van der Waals surface area contributed by atoms with Crippen LogP contribution < -0.4 is 9.64 Å². The molecule has 1 atom stereocenters. The second-order valence-electron chi connectivity index (χ2n) is 7.44. The molecule has 4 rings (SSSR count). The number of aromatic nitrogens is 1. The number of aliphatic hydroxyl groups is 1. The summed E-state index contributed by atoms with van der Waals surface area (Å²) < 4.78 is 10.2. The Balaban J connectivity index is 1.88. The number of anilines is 1. The van der Waals surface area contributed by atoms with Gasteiger partial charge in [0.15, 0.2) is 5.13 Å². The second kappa shape index (κ2) is 9.48. The SMILES string of the molecule is CCOC(=O)c1sc(N2C(=O)C(=O)/C(=C(/O)c3ccc(OC)cc3)[C@@H]2c2ccccc2)nc1C. The first-order valence-corrected chi connectivity index (χ1v) is 11.3. The number of ether oxygens (including phenoxy) is 2. The molecule has 1 aliphatic heterocycles. The first kappa shape index (κ1) is 23.2. The van der Waals surface area contributed by atoms with Gasteiger partial charge in [0, 0.05) is 5.56 Å². The largest absolute Gasteiger partial charge is 0.507 e. The Kier molecular flexibility index (Phi) is 6.47. The van der Waals surface area contributed by atoms with Crippen LogP contribution in [0, 0.1) is 6.92 Å². The number of esters is 1. The molecule has 1 fully saturated rings. The average molecular weight is 479 g/mol. The molecule has 0 bridgehead atoms. The normalized spacial score (nSPS) is 17.1. The summed E-state index contributed by atoms with van der Waals surface area (Å²) in [5.41, 5.74) is 1.30. The molecular formula is C25H22N2O6S. The van der Waals surface area contributed by atoms with Gasteiger partial charge in [-0.05, 0) is 43.7 Å². The molecule has 1 aromatic heterocycles. The molecule has 3 aromatic rings. The molecule has 1 saturated heterocycles. The summed E-state index contributed by atoms with van der Waals surface area (Å²) in [4.78, 5) is 44.6. The van der Waals surface area contributed by atoms with E-state index in [4.69, 9.17) is 9.47 Å². The van der Waals surface area contributed by atoms with Crippen LogP contribution in [0.1, 0.15) is 39.5 Å². The van der Waals surface area contributed by atoms with Gasteiger partial charge in [0.25, 0.3) is 5.78 Å². The van der Waals surface area contributed by atoms with Gasteiger partial charge in [0.05, 0.1) is 31.0 Å². The Hall–Kier alpha value is -3.98. The van der Waals surface area contributed by atoms with Crippen molar-refractivity contribution in [1.29, 1.82) is 0 Å². The van der Waals surface area contributed by atoms with Gasteiger partial charge in [0.2, 0.25) is 0 Å². The summed E-state index contributed by atoms with van der Waals surface area (Å²) in [6.07, 6.45) is 0. The van der Waals surface area contributed by atoms with E-state index in [2.05, 4.69) is 4.98 Å². The highest BCUT2D eigenvalue weighted by molar-refractivity contribution is 7.17. The smallest absolute Gasteiger partial charge is 0.350 e. The number of ketones is 1. The maximum absolute atomic E-state index is 13.2. The molecular weight excluding hydrogens is 456 g/mol. The van der Waals surface area contributed by atoms with Gasteiger partial charge >= 0.3 is 11.9 Å². The van der Waals surface area contributed by atoms with Crippen molar-refractivity contribution >= 4 is 39.9 Å². The maximum Gasteiger partial charge on any atom is 0.350 e. The molecule has 0 aliphatic carbocycles. The Morgan fingerprint density at radius 3 is 2.41 bits per heavy atom. The summed E-state index contributed by atoms with van der Waals surface area (Å²) in [5, 5.41) is 11.3. The number of carbonyl (C=O) groups is 3. The van der Waals surface area contributed by atoms with Gasteiger partial charge in [0.1, 0.15) is 16.4 Å². The van der Waals surface area contributed by atoms with Crippen molar-refractivity contribution in [2.75, 3.05) is 18.6 Å². The minimum absolute atomic E-state index is 0.0631. The average Bonchev–Trinajstić information content (AvgIpc) is 3.36. The minimum Gasteiger partial charge on any atom is -0.507 e. The highest BCUT2D eigenvalue weighted by Gasteiger charge is 2.48. The molecule has 2 heterocycles. The van der Waals surface area contributed by atoms with Crippen molar-refractivity contribution < 1.29 is 29.0 Å². The fourth-order valence-corrected chi connectivity index (χ4v) is 4.74. The van der Waals surface area contributed by atoms with Gasteiger partial charge in [-0.15, -0.1) is 0 Å². The predicted molar refractivity (Wildman–Crippen MR) is 127 cm³/mol. The summed E-state index contributed by atoms with van der Waals surface area (Å²) in [6, 6.07) is 14.5. The number of carbonyl (C=O) groups excluding carboxylic acids is 3. The lowest BCUT2D eigenvalue weighted by atomic mass is 9.95. The molecule has 9 heteroatoms. The van der Waals surface area contributed by atoms with Crippen LogP contribution >= 0.6 is 11.3 Å². The van der Waals surface area contributed by atoms with E-state index in [1.54, 1.807) is 62.4 Å². The predicted octanol–water partition coefficient (Wildman–Crippen LogP) is 4.26. The molecule has 34 heavy (non-hydrogen) atoms. The number of thiazole rings is 1. The van der Waals surface area contributed by atoms with Crippen LogP contribution in [0.15, 0.2) is 60.2 Å². The summed E-state index contributed by atoms with van der Waals surface area (Å²) in [6.45, 7) is 3.53. The summed E-state index contributed by atoms with van der Waals surface area (Å²) in [7, 11) is 1.52. The fraction of sp³-hybridized carbons (Fsp3) is 0.200. The van der Waals surface area contributed by atoms with E-state index in [1.165, 1.54) is 12.0 Å². The van der Waals surface area contributed by atoms with Crippen LogP contribution in [0.2, 0.25) is 0 Å². The van der Waals surface area contributed by atoms with Crippen molar-refractivity contribution in [3.63, 3.8) is 0 Å². The van der Waals surface area contributed by atoms with Crippen molar-refractivity contribution in [2.24, 2.45) is 0 Å². The molecule has 0 spiro atoms. The number of aryl methyl sites for hydroxylation is 1. The summed E-state index contributed by atoms with van der Waals surface area (Å²) >= 11 is 0.970. The third-order valence-electron chi connectivity index (χ3n) is 5.38. The van der Waals surface area contributed by atoms with Crippen molar-refractivity contribution in [3.8, 4) is 5.75 Å². The van der Waals surface area contributed by atoms with Crippen LogP contribution in [-0.4, -0.2) is 41.5 Å². The zero-order valence-corrected chi connectivity index (χ0v) is 19.6. The fourth-order valence-electron chi connectivity index (χ4n) is 3.76. The standard InChI is InChI=1S/C25H22N2O6S/c1-4-33-24(31)22-14(2)26-25(34-22)27-19(15-8-6-5-7-9-15)18(21(29)23(27)30)20(28)16-10-12-17(32-3)13-11-16/h5-13,19,28H,4H2,1-3H3/b20-18+/t19-/m0/s1. The number of amides is 1. The highest BCUT2D eigenvalue weighted by Crippen LogP contribution is 2.43. The van der Waals surface area contributed by atoms with Crippen LogP contribution in [0.4, 0.5) is 5.13 Å². The van der Waals surface area contributed by atoms with Gasteiger partial charge in [-0.25, -0.2) is 9.78 Å². The quantitative estimate of drug-likeness (QED) is 0.244. The third kappa shape index (κ3) is 4.06. The minimum atomic E-state index is -0.927. The number of benzene rings is 2. The second-order valence-corrected chi connectivity index (χ2v) is 8.42. The Bertz CT molecular complexity index is 1280. The molecule has 8 nitrogen and oxygen atoms in total. The number of hydrogen-bond donors (Lipinski definition) is 1. The number of hydrogen-bond acceptors (Lipinski definition) is 8. The molecule has 0 unspecified atom stereocenters. The number of rotatable bonds is 6. The van der Waals surface area contributed by atoms with E-state index in [0.29, 0.717) is 22.6 Å². The van der Waals surface area contributed by atoms with Gasteiger partial charge in [-0.3, -0.25) is 14.5 Å². The van der Waals surface area contributed by atoms with E-state index in [-0.39, 0.29) is 27.9 Å². The number of methoxy groups -OCH3 is 1. The van der Waals surface area contributed by atoms with Crippen LogP contribution in [0.3, 0.4) is 0 Å². The van der Waals surface area contributed by atoms with Crippen LogP contribution in [0.25, 0.3) is 5.76 Å². The maximum atomic E-state index is 13.2. The lowest BCUT2D eigenvalue weighted by Gasteiger charge is -2.23. The highest BCUT2D eigenvalue weighted by atomic mass is 32.1. The molecule has 174 valence electrons. The van der Waals surface area contributed by atoms with Gasteiger partial charge in [-0.2, -0.15) is 0 Å². The molecule has 0 saturated carbocycles. The van der Waals surface area contributed by atoms with Crippen LogP contribution in [-0.2, 0) is 14.3 Å². The van der Waals surface area contributed by atoms with Gasteiger partial charge < -0.3 is 14.6 Å².